The molecule has 0 atom stereocenters. The lowest BCUT2D eigenvalue weighted by Crippen LogP contribution is -2.32. The molecule has 0 spiro atoms. The molecule has 1 amide bonds. The van der Waals surface area contributed by atoms with Crippen LogP contribution in [0.25, 0.3) is 0 Å². The SMILES string of the molecule is NC(=O)O.NCCNCCNCCN. The highest BCUT2D eigenvalue weighted by atomic mass is 16.4. The van der Waals surface area contributed by atoms with Crippen LogP contribution in [0.4, 0.5) is 4.79 Å². The molecule has 14 heavy (non-hydrogen) atoms. The first kappa shape index (κ1) is 15.6. The predicted octanol–water partition coefficient (Wildman–Crippen LogP) is -2.29. The Hall–Kier alpha value is -0.890. The summed E-state index contributed by atoms with van der Waals surface area (Å²) in [5.41, 5.74) is 14.6. The zero-order chi connectivity index (χ0) is 11.2. The molecule has 0 heterocycles. The van der Waals surface area contributed by atoms with Gasteiger partial charge in [-0.15, -0.1) is 0 Å². The monoisotopic (exact) mass is 207 g/mol. The maximum atomic E-state index is 8.78. The van der Waals surface area contributed by atoms with Crippen LogP contribution in [0, 0.1) is 0 Å². The van der Waals surface area contributed by atoms with Crippen molar-refractivity contribution in [3.05, 3.63) is 0 Å². The maximum absolute atomic E-state index is 8.78. The lowest BCUT2D eigenvalue weighted by molar-refractivity contribution is 0.205. The van der Waals surface area contributed by atoms with Crippen LogP contribution < -0.4 is 27.8 Å². The average molecular weight is 207 g/mol. The van der Waals surface area contributed by atoms with Gasteiger partial charge in [-0.3, -0.25) is 0 Å². The summed E-state index contributed by atoms with van der Waals surface area (Å²) in [7, 11) is 0. The molecule has 0 aliphatic heterocycles. The first-order chi connectivity index (χ1) is 6.65. The third kappa shape index (κ3) is 30.4. The topological polar surface area (TPSA) is 139 Å². The Labute approximate surface area is 84.0 Å². The summed E-state index contributed by atoms with van der Waals surface area (Å²) in [6.45, 7) is 5.14. The van der Waals surface area contributed by atoms with Gasteiger partial charge in [0.2, 0.25) is 0 Å². The van der Waals surface area contributed by atoms with Gasteiger partial charge in [0.25, 0.3) is 0 Å². The Balaban J connectivity index is 0. The largest absolute Gasteiger partial charge is 0.465 e. The molecule has 0 saturated carbocycles. The molecule has 7 nitrogen and oxygen atoms in total. The minimum atomic E-state index is -1.33. The van der Waals surface area contributed by atoms with Gasteiger partial charge in [0.1, 0.15) is 0 Å². The van der Waals surface area contributed by atoms with E-state index in [1.165, 1.54) is 0 Å². The number of rotatable bonds is 7. The summed E-state index contributed by atoms with van der Waals surface area (Å²) in [5, 5.41) is 13.5. The fraction of sp³-hybridized carbons (Fsp3) is 0.857. The van der Waals surface area contributed by atoms with Crippen LogP contribution >= 0.6 is 0 Å². The van der Waals surface area contributed by atoms with E-state index in [1.807, 2.05) is 0 Å². The maximum Gasteiger partial charge on any atom is 0.402 e. The second-order valence-corrected chi connectivity index (χ2v) is 2.42. The molecule has 0 saturated heterocycles. The van der Waals surface area contributed by atoms with Gasteiger partial charge < -0.3 is 32.9 Å². The lowest BCUT2D eigenvalue weighted by atomic mass is 10.5. The van der Waals surface area contributed by atoms with Crippen molar-refractivity contribution >= 4 is 6.09 Å². The van der Waals surface area contributed by atoms with Crippen LogP contribution in [0.15, 0.2) is 0 Å². The van der Waals surface area contributed by atoms with Crippen LogP contribution in [-0.2, 0) is 0 Å². The summed E-state index contributed by atoms with van der Waals surface area (Å²) < 4.78 is 0. The summed E-state index contributed by atoms with van der Waals surface area (Å²) >= 11 is 0. The Morgan fingerprint density at radius 2 is 1.29 bits per heavy atom. The Kier molecular flexibility index (Phi) is 16.3. The molecule has 0 aliphatic carbocycles. The molecule has 0 aromatic heterocycles. The highest BCUT2D eigenvalue weighted by molar-refractivity contribution is 5.61. The van der Waals surface area contributed by atoms with Crippen LogP contribution in [-0.4, -0.2) is 50.5 Å². The molecule has 0 fully saturated rings. The van der Waals surface area contributed by atoms with Gasteiger partial charge in [0, 0.05) is 39.3 Å². The fourth-order valence-electron chi connectivity index (χ4n) is 0.631. The van der Waals surface area contributed by atoms with Crippen LogP contribution in [0.3, 0.4) is 0 Å². The van der Waals surface area contributed by atoms with E-state index >= 15 is 0 Å². The molecule has 0 aromatic rings. The number of hydrogen-bond acceptors (Lipinski definition) is 5. The molecule has 0 rings (SSSR count). The third-order valence-corrected chi connectivity index (χ3v) is 1.12. The zero-order valence-corrected chi connectivity index (χ0v) is 8.33. The summed E-state index contributed by atoms with van der Waals surface area (Å²) in [4.78, 5) is 8.78. The van der Waals surface area contributed by atoms with Crippen molar-refractivity contribution in [3.8, 4) is 0 Å². The molecule has 0 radical (unpaired) electrons. The minimum absolute atomic E-state index is 0.705. The first-order valence-electron chi connectivity index (χ1n) is 4.45. The van der Waals surface area contributed by atoms with Gasteiger partial charge in [0.15, 0.2) is 0 Å². The fourth-order valence-corrected chi connectivity index (χ4v) is 0.631. The average Bonchev–Trinajstić information content (AvgIpc) is 2.10. The lowest BCUT2D eigenvalue weighted by Gasteiger charge is -2.03. The number of carbonyl (C=O) groups is 1. The summed E-state index contributed by atoms with van der Waals surface area (Å²) in [6.07, 6.45) is -1.33. The molecule has 0 aliphatic rings. The smallest absolute Gasteiger partial charge is 0.402 e. The van der Waals surface area contributed by atoms with Crippen molar-refractivity contribution in [2.45, 2.75) is 0 Å². The van der Waals surface area contributed by atoms with E-state index in [-0.39, 0.29) is 0 Å². The van der Waals surface area contributed by atoms with Gasteiger partial charge in [-0.1, -0.05) is 0 Å². The highest BCUT2D eigenvalue weighted by Gasteiger charge is 1.83. The number of amides is 1. The van der Waals surface area contributed by atoms with E-state index in [9.17, 15) is 0 Å². The molecule has 7 heteroatoms. The third-order valence-electron chi connectivity index (χ3n) is 1.12. The molecular formula is C7H21N5O2. The van der Waals surface area contributed by atoms with Gasteiger partial charge >= 0.3 is 6.09 Å². The van der Waals surface area contributed by atoms with Crippen LogP contribution in [0.2, 0.25) is 0 Å². The van der Waals surface area contributed by atoms with E-state index in [0.29, 0.717) is 13.1 Å². The van der Waals surface area contributed by atoms with Crippen molar-refractivity contribution in [1.29, 1.82) is 0 Å². The molecule has 0 unspecified atom stereocenters. The quantitative estimate of drug-likeness (QED) is 0.260. The second kappa shape index (κ2) is 14.6. The minimum Gasteiger partial charge on any atom is -0.465 e. The van der Waals surface area contributed by atoms with E-state index in [4.69, 9.17) is 21.4 Å². The molecular weight excluding hydrogens is 186 g/mol. The Morgan fingerprint density at radius 1 is 1.00 bits per heavy atom. The normalized spacial score (nSPS) is 9.00. The number of nitrogens with two attached hydrogens (primary N) is 3. The van der Waals surface area contributed by atoms with Crippen LogP contribution in [0.5, 0.6) is 0 Å². The first-order valence-corrected chi connectivity index (χ1v) is 4.45. The van der Waals surface area contributed by atoms with Crippen molar-refractivity contribution in [1.82, 2.24) is 10.6 Å². The van der Waals surface area contributed by atoms with Crippen molar-refractivity contribution in [2.75, 3.05) is 39.3 Å². The highest BCUT2D eigenvalue weighted by Crippen LogP contribution is 1.57. The number of carboxylic acid groups (broad SMARTS) is 1. The number of primary amides is 1. The van der Waals surface area contributed by atoms with Crippen molar-refractivity contribution < 1.29 is 9.90 Å². The van der Waals surface area contributed by atoms with Gasteiger partial charge in [0.05, 0.1) is 0 Å². The number of hydrogen-bond donors (Lipinski definition) is 6. The van der Waals surface area contributed by atoms with E-state index < -0.39 is 6.09 Å². The molecule has 86 valence electrons. The van der Waals surface area contributed by atoms with Crippen molar-refractivity contribution in [2.24, 2.45) is 17.2 Å². The Bertz CT molecular complexity index is 111. The second-order valence-electron chi connectivity index (χ2n) is 2.42. The predicted molar refractivity (Wildman–Crippen MR) is 56.1 cm³/mol. The van der Waals surface area contributed by atoms with Crippen molar-refractivity contribution in [3.63, 3.8) is 0 Å². The zero-order valence-electron chi connectivity index (χ0n) is 8.33. The summed E-state index contributed by atoms with van der Waals surface area (Å²) in [6, 6.07) is 0. The van der Waals surface area contributed by atoms with Gasteiger partial charge in [-0.05, 0) is 0 Å². The summed E-state index contributed by atoms with van der Waals surface area (Å²) in [5.74, 6) is 0. The number of nitrogens with one attached hydrogen (secondary N) is 2. The standard InChI is InChI=1S/C6H18N4.CH3NO2/c7-1-3-9-5-6-10-4-2-8;2-1(3)4/h9-10H,1-8H2;2H2,(H,3,4). The van der Waals surface area contributed by atoms with E-state index in [2.05, 4.69) is 16.4 Å². The van der Waals surface area contributed by atoms with Gasteiger partial charge in [-0.25, -0.2) is 4.79 Å². The van der Waals surface area contributed by atoms with E-state index in [1.54, 1.807) is 0 Å². The molecule has 0 bridgehead atoms. The molecule has 9 N–H and O–H groups in total. The Morgan fingerprint density at radius 3 is 1.50 bits per heavy atom. The van der Waals surface area contributed by atoms with E-state index in [0.717, 1.165) is 26.2 Å². The van der Waals surface area contributed by atoms with Crippen LogP contribution in [0.1, 0.15) is 0 Å². The van der Waals surface area contributed by atoms with Gasteiger partial charge in [-0.2, -0.15) is 0 Å². The molecule has 0 aromatic carbocycles.